The number of unbranched alkanes of at least 4 members (excludes halogenated alkanes) is 47. The molecule has 594 valence electrons. The normalized spacial score (nSPS) is 26.4. The zero-order valence-corrected chi connectivity index (χ0v) is 63.7. The van der Waals surface area contributed by atoms with Crippen LogP contribution in [-0.2, 0) is 33.2 Å². The molecule has 0 radical (unpaired) electrons. The number of hydrogen-bond donors (Lipinski definition) is 12. The molecular formula is C82H153NO18. The second kappa shape index (κ2) is 63.0. The Hall–Kier alpha value is -1.99. The fourth-order valence-corrected chi connectivity index (χ4v) is 14.2. The van der Waals surface area contributed by atoms with E-state index in [2.05, 4.69) is 43.5 Å². The second-order valence-corrected chi connectivity index (χ2v) is 29.9. The molecule has 17 unspecified atom stereocenters. The average Bonchev–Trinajstić information content (AvgIpc) is 0.782. The van der Waals surface area contributed by atoms with Crippen LogP contribution < -0.4 is 5.32 Å². The Balaban J connectivity index is 1.34. The van der Waals surface area contributed by atoms with Crippen LogP contribution in [0.1, 0.15) is 348 Å². The van der Waals surface area contributed by atoms with Gasteiger partial charge in [-0.25, -0.2) is 0 Å². The van der Waals surface area contributed by atoms with Crippen LogP contribution in [0.2, 0.25) is 0 Å². The van der Waals surface area contributed by atoms with Crippen molar-refractivity contribution < 1.29 is 89.4 Å². The maximum Gasteiger partial charge on any atom is 0.220 e. The Morgan fingerprint density at radius 1 is 0.347 bits per heavy atom. The molecule has 101 heavy (non-hydrogen) atoms. The first kappa shape index (κ1) is 93.2. The van der Waals surface area contributed by atoms with Crippen molar-refractivity contribution in [2.75, 3.05) is 26.4 Å². The molecule has 3 saturated heterocycles. The average molecular weight is 1440 g/mol. The van der Waals surface area contributed by atoms with Gasteiger partial charge in [-0.1, -0.05) is 320 Å². The number of carbonyl (C=O) groups is 1. The Bertz CT molecular complexity index is 1960. The van der Waals surface area contributed by atoms with E-state index in [1.54, 1.807) is 6.08 Å². The molecule has 3 aliphatic heterocycles. The van der Waals surface area contributed by atoms with E-state index in [0.717, 1.165) is 38.5 Å². The lowest BCUT2D eigenvalue weighted by Crippen LogP contribution is -2.66. The lowest BCUT2D eigenvalue weighted by atomic mass is 9.96. The summed E-state index contributed by atoms with van der Waals surface area (Å²) in [5.41, 5.74) is 0. The summed E-state index contributed by atoms with van der Waals surface area (Å²) < 4.78 is 34.4. The van der Waals surface area contributed by atoms with Crippen LogP contribution in [0.15, 0.2) is 36.5 Å². The van der Waals surface area contributed by atoms with Crippen molar-refractivity contribution in [3.63, 3.8) is 0 Å². The fraction of sp³-hybridized carbons (Fsp3) is 0.915. The van der Waals surface area contributed by atoms with Crippen LogP contribution in [0.4, 0.5) is 0 Å². The number of carbonyl (C=O) groups excluding carboxylic acids is 1. The molecule has 12 N–H and O–H groups in total. The number of rotatable bonds is 67. The van der Waals surface area contributed by atoms with Gasteiger partial charge < -0.3 is 89.9 Å². The van der Waals surface area contributed by atoms with Gasteiger partial charge in [0.2, 0.25) is 5.91 Å². The summed E-state index contributed by atoms with van der Waals surface area (Å²) >= 11 is 0. The van der Waals surface area contributed by atoms with Crippen LogP contribution in [0.25, 0.3) is 0 Å². The molecule has 3 rings (SSSR count). The summed E-state index contributed by atoms with van der Waals surface area (Å²) in [5, 5.41) is 121. The minimum Gasteiger partial charge on any atom is -0.394 e. The predicted octanol–water partition coefficient (Wildman–Crippen LogP) is 14.3. The van der Waals surface area contributed by atoms with E-state index >= 15 is 0 Å². The number of nitrogens with one attached hydrogen (secondary N) is 1. The first-order chi connectivity index (χ1) is 49.3. The zero-order valence-electron chi connectivity index (χ0n) is 63.7. The number of aliphatic hydroxyl groups is 11. The van der Waals surface area contributed by atoms with E-state index in [-0.39, 0.29) is 18.9 Å². The highest BCUT2D eigenvalue weighted by Crippen LogP contribution is 2.33. The maximum absolute atomic E-state index is 13.5. The SMILES string of the molecule is CCCCCCCCCC/C=C\CCCCCCCCCCCCCCCCCCCCCCCCCC(=O)NC(COC1OC(CO)C(OC2OC(CO)C(OC3OC(CO)C(O)C(O)C3O)C(O)C2O)C(O)C1O)C(O)/C=C/CC/C=C/CCCCCCCCCCCCCCCCC. The monoisotopic (exact) mass is 1440 g/mol. The molecule has 3 heterocycles. The molecule has 19 heteroatoms. The number of hydrogen-bond acceptors (Lipinski definition) is 18. The van der Waals surface area contributed by atoms with E-state index in [1.165, 1.54) is 276 Å². The molecule has 0 aromatic heterocycles. The Morgan fingerprint density at radius 2 is 0.634 bits per heavy atom. The van der Waals surface area contributed by atoms with Crippen molar-refractivity contribution >= 4 is 5.91 Å². The van der Waals surface area contributed by atoms with Crippen LogP contribution in [0, 0.1) is 0 Å². The summed E-state index contributed by atoms with van der Waals surface area (Å²) in [7, 11) is 0. The molecule has 0 bridgehead atoms. The van der Waals surface area contributed by atoms with Gasteiger partial charge >= 0.3 is 0 Å². The maximum atomic E-state index is 13.5. The smallest absolute Gasteiger partial charge is 0.220 e. The Kier molecular flexibility index (Phi) is 58.1. The van der Waals surface area contributed by atoms with Gasteiger partial charge in [0.05, 0.1) is 38.6 Å². The molecule has 0 spiro atoms. The standard InChI is InChI=1S/C82H153NO18/c1-3-5-7-9-11-13-15-17-19-21-23-25-26-27-28-29-30-31-32-33-34-35-36-37-38-40-42-44-46-48-50-52-54-56-58-60-70(88)83-65(66(87)59-57-55-53-51-49-47-45-43-41-39-24-22-20-18-16-14-12-10-8-6-4-2)64-96-80-76(94)73(91)78(68(62-85)98-80)101-82-77(95)74(92)79(69(63-86)99-82)100-81-75(93)72(90)71(89)67(61-84)97-81/h21,23,49,51,57,59,65-69,71-82,84-87,89-95H,3-20,22,24-48,50,52-56,58,60-64H2,1-2H3,(H,83,88)/b23-21-,51-49+,59-57+. The first-order valence-corrected chi connectivity index (χ1v) is 41.7. The largest absolute Gasteiger partial charge is 0.394 e. The van der Waals surface area contributed by atoms with Gasteiger partial charge in [-0.05, 0) is 57.8 Å². The Morgan fingerprint density at radius 3 is 0.990 bits per heavy atom. The first-order valence-electron chi connectivity index (χ1n) is 41.7. The van der Waals surface area contributed by atoms with Crippen molar-refractivity contribution in [3.8, 4) is 0 Å². The van der Waals surface area contributed by atoms with Crippen LogP contribution in [0.5, 0.6) is 0 Å². The molecule has 0 saturated carbocycles. The van der Waals surface area contributed by atoms with Crippen molar-refractivity contribution in [2.45, 2.75) is 452 Å². The van der Waals surface area contributed by atoms with Crippen LogP contribution in [0.3, 0.4) is 0 Å². The second-order valence-electron chi connectivity index (χ2n) is 29.9. The molecule has 19 nitrogen and oxygen atoms in total. The highest BCUT2D eigenvalue weighted by atomic mass is 16.8. The van der Waals surface area contributed by atoms with Crippen molar-refractivity contribution in [1.29, 1.82) is 0 Å². The fourth-order valence-electron chi connectivity index (χ4n) is 14.2. The van der Waals surface area contributed by atoms with Crippen LogP contribution >= 0.6 is 0 Å². The summed E-state index contributed by atoms with van der Waals surface area (Å²) in [6.07, 6.45) is 51.5. The number of ether oxygens (including phenoxy) is 6. The van der Waals surface area contributed by atoms with Crippen molar-refractivity contribution in [1.82, 2.24) is 5.32 Å². The number of allylic oxidation sites excluding steroid dienone is 5. The topological polar surface area (TPSA) is 307 Å². The molecule has 0 aliphatic carbocycles. The van der Waals surface area contributed by atoms with Crippen LogP contribution in [-0.4, -0.2) is 193 Å². The molecule has 0 aromatic rings. The van der Waals surface area contributed by atoms with E-state index in [0.29, 0.717) is 12.8 Å². The van der Waals surface area contributed by atoms with Gasteiger partial charge in [0.1, 0.15) is 73.2 Å². The van der Waals surface area contributed by atoms with Gasteiger partial charge in [-0.15, -0.1) is 0 Å². The highest BCUT2D eigenvalue weighted by molar-refractivity contribution is 5.76. The summed E-state index contributed by atoms with van der Waals surface area (Å²) in [6.45, 7) is 1.77. The zero-order chi connectivity index (χ0) is 73.2. The predicted molar refractivity (Wildman–Crippen MR) is 402 cm³/mol. The summed E-state index contributed by atoms with van der Waals surface area (Å²) in [4.78, 5) is 13.5. The van der Waals surface area contributed by atoms with Gasteiger partial charge in [-0.2, -0.15) is 0 Å². The molecule has 3 fully saturated rings. The molecule has 3 aliphatic rings. The Labute approximate surface area is 612 Å². The minimum absolute atomic E-state index is 0.240. The third kappa shape index (κ3) is 43.0. The lowest BCUT2D eigenvalue weighted by Gasteiger charge is -2.48. The van der Waals surface area contributed by atoms with E-state index in [9.17, 15) is 61.0 Å². The van der Waals surface area contributed by atoms with Gasteiger partial charge in [0, 0.05) is 6.42 Å². The molecule has 1 amide bonds. The van der Waals surface area contributed by atoms with Gasteiger partial charge in [0.15, 0.2) is 18.9 Å². The lowest BCUT2D eigenvalue weighted by molar-refractivity contribution is -0.379. The van der Waals surface area contributed by atoms with Gasteiger partial charge in [0.25, 0.3) is 0 Å². The van der Waals surface area contributed by atoms with Gasteiger partial charge in [-0.3, -0.25) is 4.79 Å². The third-order valence-electron chi connectivity index (χ3n) is 20.9. The molecule has 17 atom stereocenters. The minimum atomic E-state index is -1.98. The third-order valence-corrected chi connectivity index (χ3v) is 20.9. The van der Waals surface area contributed by atoms with E-state index in [1.807, 2.05) is 6.08 Å². The van der Waals surface area contributed by atoms with Crippen molar-refractivity contribution in [2.24, 2.45) is 0 Å². The number of amides is 1. The molecular weight excluding hydrogens is 1290 g/mol. The number of aliphatic hydroxyl groups excluding tert-OH is 11. The van der Waals surface area contributed by atoms with E-state index in [4.69, 9.17) is 28.4 Å². The molecule has 0 aromatic carbocycles. The highest BCUT2D eigenvalue weighted by Gasteiger charge is 2.54. The quantitative estimate of drug-likeness (QED) is 0.0199. The summed E-state index contributed by atoms with van der Waals surface area (Å²) in [6, 6.07) is -0.989. The van der Waals surface area contributed by atoms with Crippen molar-refractivity contribution in [3.05, 3.63) is 36.5 Å². The summed E-state index contributed by atoms with van der Waals surface area (Å²) in [5.74, 6) is -0.278. The van der Waals surface area contributed by atoms with E-state index < -0.39 is 124 Å².